The number of hydrogen-bond acceptors (Lipinski definition) is 4. The van der Waals surface area contributed by atoms with Gasteiger partial charge < -0.3 is 4.57 Å². The van der Waals surface area contributed by atoms with Gasteiger partial charge in [-0.15, -0.1) is 11.3 Å². The number of para-hydroxylation sites is 2. The highest BCUT2D eigenvalue weighted by molar-refractivity contribution is 7.26. The molecule has 0 aliphatic heterocycles. The zero-order valence-corrected chi connectivity index (χ0v) is 27.7. The Bertz CT molecular complexity index is 2820. The summed E-state index contributed by atoms with van der Waals surface area (Å²) in [6.07, 6.45) is 0. The molecular weight excluding hydrogens is 629 g/mol. The van der Waals surface area contributed by atoms with Gasteiger partial charge in [-0.05, 0) is 41.5 Å². The van der Waals surface area contributed by atoms with Crippen LogP contribution in [0.3, 0.4) is 0 Å². The third kappa shape index (κ3) is 4.55. The van der Waals surface area contributed by atoms with Gasteiger partial charge in [0.1, 0.15) is 0 Å². The Hall–Kier alpha value is -6.43. The Labute approximate surface area is 292 Å². The zero-order valence-electron chi connectivity index (χ0n) is 26.9. The molecule has 0 amide bonds. The van der Waals surface area contributed by atoms with E-state index in [1.54, 1.807) is 11.3 Å². The second-order valence-corrected chi connectivity index (χ2v) is 13.4. The van der Waals surface area contributed by atoms with Crippen LogP contribution in [0, 0.1) is 0 Å². The second kappa shape index (κ2) is 11.6. The molecule has 234 valence electrons. The molecule has 0 bridgehead atoms. The van der Waals surface area contributed by atoms with E-state index in [0.717, 1.165) is 44.5 Å². The van der Waals surface area contributed by atoms with E-state index in [0.29, 0.717) is 17.5 Å². The molecule has 50 heavy (non-hydrogen) atoms. The van der Waals surface area contributed by atoms with Gasteiger partial charge in [0.15, 0.2) is 17.5 Å². The van der Waals surface area contributed by atoms with Gasteiger partial charge in [0.25, 0.3) is 0 Å². The molecule has 0 aliphatic rings. The molecule has 0 saturated carbocycles. The van der Waals surface area contributed by atoms with Crippen molar-refractivity contribution in [2.24, 2.45) is 0 Å². The predicted octanol–water partition coefficient (Wildman–Crippen LogP) is 12.0. The van der Waals surface area contributed by atoms with Gasteiger partial charge in [-0.2, -0.15) is 0 Å². The van der Waals surface area contributed by atoms with Gasteiger partial charge in [0.2, 0.25) is 0 Å². The summed E-state index contributed by atoms with van der Waals surface area (Å²) >= 11 is 1.79. The standard InChI is InChI=1S/C45H28N4S/c1-3-15-29(16-4-1)31-22-14-27-39(49-37-25-10-7-19-32(37)33-20-8-11-26-38(33)49)41(31)45-47-43(30-17-5-2-6-18-30)46-44(48-45)36-24-13-23-35-34-21-9-12-28-40(34)50-42(35)36/h1-28H. The number of benzene rings is 7. The average Bonchev–Trinajstić information content (AvgIpc) is 3.74. The fourth-order valence-electron chi connectivity index (χ4n) is 7.25. The van der Waals surface area contributed by atoms with E-state index in [9.17, 15) is 0 Å². The van der Waals surface area contributed by atoms with Gasteiger partial charge in [-0.3, -0.25) is 0 Å². The van der Waals surface area contributed by atoms with Gasteiger partial charge in [-0.25, -0.2) is 15.0 Å². The highest BCUT2D eigenvalue weighted by atomic mass is 32.1. The summed E-state index contributed by atoms with van der Waals surface area (Å²) < 4.78 is 4.78. The molecule has 0 unspecified atom stereocenters. The van der Waals surface area contributed by atoms with Crippen molar-refractivity contribution >= 4 is 53.3 Å². The van der Waals surface area contributed by atoms with Crippen molar-refractivity contribution in [3.63, 3.8) is 0 Å². The summed E-state index contributed by atoms with van der Waals surface area (Å²) in [5.41, 5.74) is 8.33. The van der Waals surface area contributed by atoms with E-state index in [2.05, 4.69) is 156 Å². The molecule has 10 aromatic rings. The van der Waals surface area contributed by atoms with Gasteiger partial charge in [0.05, 0.1) is 22.3 Å². The molecule has 0 fully saturated rings. The smallest absolute Gasteiger partial charge is 0.166 e. The van der Waals surface area contributed by atoms with E-state index < -0.39 is 0 Å². The molecule has 0 N–H and O–H groups in total. The fraction of sp³-hybridized carbons (Fsp3) is 0. The first kappa shape index (κ1) is 28.6. The Kier molecular flexibility index (Phi) is 6.64. The Morgan fingerprint density at radius 2 is 0.920 bits per heavy atom. The van der Waals surface area contributed by atoms with Crippen molar-refractivity contribution in [2.75, 3.05) is 0 Å². The summed E-state index contributed by atoms with van der Waals surface area (Å²) in [4.78, 5) is 15.9. The second-order valence-electron chi connectivity index (χ2n) is 12.4. The van der Waals surface area contributed by atoms with Crippen molar-refractivity contribution in [2.45, 2.75) is 0 Å². The van der Waals surface area contributed by atoms with Crippen molar-refractivity contribution in [1.82, 2.24) is 19.5 Å². The van der Waals surface area contributed by atoms with E-state index in [1.807, 2.05) is 18.2 Å². The summed E-state index contributed by atoms with van der Waals surface area (Å²) in [7, 11) is 0. The highest BCUT2D eigenvalue weighted by Gasteiger charge is 2.23. The average molecular weight is 657 g/mol. The number of thiophene rings is 1. The molecular formula is C45H28N4S. The summed E-state index contributed by atoms with van der Waals surface area (Å²) in [5.74, 6) is 1.92. The Morgan fingerprint density at radius 3 is 1.66 bits per heavy atom. The third-order valence-electron chi connectivity index (χ3n) is 9.48. The minimum absolute atomic E-state index is 0.628. The van der Waals surface area contributed by atoms with Crippen LogP contribution in [0.25, 0.3) is 93.0 Å². The molecule has 0 aliphatic carbocycles. The maximum atomic E-state index is 5.41. The molecule has 0 radical (unpaired) electrons. The van der Waals surface area contributed by atoms with E-state index in [1.165, 1.54) is 30.9 Å². The first-order chi connectivity index (χ1) is 24.8. The van der Waals surface area contributed by atoms with Crippen LogP contribution in [-0.4, -0.2) is 19.5 Å². The Balaban J connectivity index is 1.32. The highest BCUT2D eigenvalue weighted by Crippen LogP contribution is 2.43. The Morgan fingerprint density at radius 1 is 0.380 bits per heavy atom. The normalized spacial score (nSPS) is 11.6. The quantitative estimate of drug-likeness (QED) is 0.185. The minimum Gasteiger partial charge on any atom is -0.308 e. The molecule has 3 heterocycles. The lowest BCUT2D eigenvalue weighted by Crippen LogP contribution is -2.05. The summed E-state index contributed by atoms with van der Waals surface area (Å²) in [6.45, 7) is 0. The van der Waals surface area contributed by atoms with Crippen molar-refractivity contribution in [1.29, 1.82) is 0 Å². The third-order valence-corrected chi connectivity index (χ3v) is 10.7. The zero-order chi connectivity index (χ0) is 33.0. The van der Waals surface area contributed by atoms with Crippen LogP contribution in [-0.2, 0) is 0 Å². The van der Waals surface area contributed by atoms with Crippen LogP contribution in [0.4, 0.5) is 0 Å². The van der Waals surface area contributed by atoms with Crippen molar-refractivity contribution in [3.8, 4) is 51.0 Å². The lowest BCUT2D eigenvalue weighted by atomic mass is 9.97. The lowest BCUT2D eigenvalue weighted by molar-refractivity contribution is 1.07. The van der Waals surface area contributed by atoms with Gasteiger partial charge >= 0.3 is 0 Å². The molecule has 7 aromatic carbocycles. The maximum absolute atomic E-state index is 5.41. The van der Waals surface area contributed by atoms with E-state index >= 15 is 0 Å². The topological polar surface area (TPSA) is 43.6 Å². The molecule has 0 atom stereocenters. The number of hydrogen-bond donors (Lipinski definition) is 0. The monoisotopic (exact) mass is 656 g/mol. The molecule has 4 nitrogen and oxygen atoms in total. The van der Waals surface area contributed by atoms with Crippen LogP contribution in [0.15, 0.2) is 170 Å². The SMILES string of the molecule is c1ccc(-c2nc(-c3c(-c4ccccc4)cccc3-n3c4ccccc4c4ccccc43)nc(-c3cccc4c3sc3ccccc34)n2)cc1. The van der Waals surface area contributed by atoms with Crippen LogP contribution < -0.4 is 0 Å². The van der Waals surface area contributed by atoms with Gasteiger partial charge in [-0.1, -0.05) is 140 Å². The largest absolute Gasteiger partial charge is 0.308 e. The fourth-order valence-corrected chi connectivity index (χ4v) is 8.46. The first-order valence-electron chi connectivity index (χ1n) is 16.7. The molecule has 10 rings (SSSR count). The molecule has 5 heteroatoms. The number of rotatable bonds is 5. The van der Waals surface area contributed by atoms with Crippen LogP contribution in [0.1, 0.15) is 0 Å². The first-order valence-corrected chi connectivity index (χ1v) is 17.5. The lowest BCUT2D eigenvalue weighted by Gasteiger charge is -2.18. The minimum atomic E-state index is 0.628. The van der Waals surface area contributed by atoms with Crippen LogP contribution in [0.2, 0.25) is 0 Å². The van der Waals surface area contributed by atoms with Crippen molar-refractivity contribution in [3.05, 3.63) is 170 Å². The van der Waals surface area contributed by atoms with Crippen LogP contribution >= 0.6 is 11.3 Å². The van der Waals surface area contributed by atoms with Crippen LogP contribution in [0.5, 0.6) is 0 Å². The van der Waals surface area contributed by atoms with E-state index in [4.69, 9.17) is 15.0 Å². The number of fused-ring (bicyclic) bond motifs is 6. The van der Waals surface area contributed by atoms with Gasteiger partial charge in [0, 0.05) is 42.1 Å². The molecule has 0 spiro atoms. The number of nitrogens with zero attached hydrogens (tertiary/aromatic N) is 4. The summed E-state index contributed by atoms with van der Waals surface area (Å²) in [6, 6.07) is 59.6. The molecule has 3 aromatic heterocycles. The van der Waals surface area contributed by atoms with Crippen molar-refractivity contribution < 1.29 is 0 Å². The summed E-state index contributed by atoms with van der Waals surface area (Å²) in [5, 5.41) is 4.87. The van der Waals surface area contributed by atoms with E-state index in [-0.39, 0.29) is 0 Å². The molecule has 0 saturated heterocycles. The predicted molar refractivity (Wildman–Crippen MR) is 209 cm³/mol. The number of aromatic nitrogens is 4. The maximum Gasteiger partial charge on any atom is 0.166 e.